The third-order valence-corrected chi connectivity index (χ3v) is 6.18. The largest absolute Gasteiger partial charge is 0.385 e. The highest BCUT2D eigenvalue weighted by Crippen LogP contribution is 2.34. The molecule has 1 amide bonds. The fourth-order valence-corrected chi connectivity index (χ4v) is 4.23. The van der Waals surface area contributed by atoms with Crippen LogP contribution in [-0.4, -0.2) is 68.7 Å². The van der Waals surface area contributed by atoms with E-state index in [4.69, 9.17) is 4.74 Å². The lowest BCUT2D eigenvalue weighted by molar-refractivity contribution is -0.121. The zero-order valence-corrected chi connectivity index (χ0v) is 19.1. The second kappa shape index (κ2) is 14.8. The molecule has 0 aromatic heterocycles. The van der Waals surface area contributed by atoms with E-state index in [1.54, 1.807) is 12.7 Å². The van der Waals surface area contributed by atoms with E-state index < -0.39 is 0 Å². The van der Waals surface area contributed by atoms with Gasteiger partial charge < -0.3 is 15.0 Å². The number of carbonyl (C=O) groups excluding carboxylic acids is 1. The third-order valence-electron chi connectivity index (χ3n) is 6.18. The zero-order valence-electron chi connectivity index (χ0n) is 19.1. The molecule has 168 valence electrons. The van der Waals surface area contributed by atoms with Crippen molar-refractivity contribution in [3.63, 3.8) is 0 Å². The molecule has 5 nitrogen and oxygen atoms in total. The van der Waals surface area contributed by atoms with Gasteiger partial charge in [0.2, 0.25) is 5.91 Å². The minimum Gasteiger partial charge on any atom is -0.385 e. The van der Waals surface area contributed by atoms with Crippen molar-refractivity contribution in [1.82, 2.24) is 15.1 Å². The highest BCUT2D eigenvalue weighted by Gasteiger charge is 2.25. The van der Waals surface area contributed by atoms with Gasteiger partial charge in [-0.05, 0) is 25.7 Å². The number of methoxy groups -OCH3 is 1. The van der Waals surface area contributed by atoms with Gasteiger partial charge in [-0.3, -0.25) is 9.69 Å². The van der Waals surface area contributed by atoms with Crippen LogP contribution < -0.4 is 5.32 Å². The van der Waals surface area contributed by atoms with Gasteiger partial charge in [0.05, 0.1) is 0 Å². The van der Waals surface area contributed by atoms with Gasteiger partial charge in [0, 0.05) is 71.5 Å². The van der Waals surface area contributed by atoms with Crippen molar-refractivity contribution in [2.45, 2.75) is 84.0 Å². The molecule has 0 spiro atoms. The summed E-state index contributed by atoms with van der Waals surface area (Å²) in [7, 11) is 1.78. The summed E-state index contributed by atoms with van der Waals surface area (Å²) in [4.78, 5) is 17.3. The number of amides is 1. The average Bonchev–Trinajstić information content (AvgIpc) is 3.57. The minimum absolute atomic E-state index is 0.238. The molecule has 0 aromatic carbocycles. The van der Waals surface area contributed by atoms with E-state index in [9.17, 15) is 4.79 Å². The van der Waals surface area contributed by atoms with Crippen molar-refractivity contribution in [2.24, 2.45) is 0 Å². The molecular formula is C24H45N3O2. The van der Waals surface area contributed by atoms with Gasteiger partial charge in [-0.15, -0.1) is 0 Å². The number of ether oxygens (including phenoxy) is 1. The Hall–Kier alpha value is -1.07. The van der Waals surface area contributed by atoms with Crippen molar-refractivity contribution in [3.05, 3.63) is 11.3 Å². The molecule has 1 saturated heterocycles. The average molecular weight is 408 g/mol. The van der Waals surface area contributed by atoms with Crippen LogP contribution in [0.1, 0.15) is 84.0 Å². The van der Waals surface area contributed by atoms with Crippen LogP contribution in [0.2, 0.25) is 0 Å². The molecule has 0 radical (unpaired) electrons. The molecule has 1 aliphatic heterocycles. The number of allylic oxidation sites excluding steroid dienone is 1. The van der Waals surface area contributed by atoms with Crippen LogP contribution >= 0.6 is 0 Å². The standard InChI is InChI=1S/C24H45N3O2/c1-3-4-5-6-7-8-9-11-24(28)25-15-14-23(22-12-13-22)27-19-17-26(18-20-27)16-10-21-29-2/h3-21H2,1-2H3,(H,25,28). The number of hydrogen-bond donors (Lipinski definition) is 1. The lowest BCUT2D eigenvalue weighted by Gasteiger charge is -2.37. The molecule has 2 rings (SSSR count). The van der Waals surface area contributed by atoms with Crippen molar-refractivity contribution >= 4 is 5.91 Å². The summed E-state index contributed by atoms with van der Waals surface area (Å²) in [6.07, 6.45) is 14.2. The monoisotopic (exact) mass is 407 g/mol. The molecule has 1 heterocycles. The summed E-state index contributed by atoms with van der Waals surface area (Å²) < 4.78 is 5.17. The number of hydrogen-bond acceptors (Lipinski definition) is 4. The highest BCUT2D eigenvalue weighted by molar-refractivity contribution is 5.75. The van der Waals surface area contributed by atoms with Crippen molar-refractivity contribution in [1.29, 1.82) is 0 Å². The number of unbranched alkanes of at least 4 members (excludes halogenated alkanes) is 6. The first-order chi connectivity index (χ1) is 14.2. The topological polar surface area (TPSA) is 44.8 Å². The highest BCUT2D eigenvalue weighted by atomic mass is 16.5. The Morgan fingerprint density at radius 2 is 1.62 bits per heavy atom. The second-order valence-electron chi connectivity index (χ2n) is 8.70. The normalized spacial score (nSPS) is 16.9. The molecule has 1 N–H and O–H groups in total. The first kappa shape index (κ1) is 24.2. The van der Waals surface area contributed by atoms with Gasteiger partial charge in [0.15, 0.2) is 0 Å². The Labute approximate surface area is 179 Å². The van der Waals surface area contributed by atoms with E-state index in [2.05, 4.69) is 22.0 Å². The maximum absolute atomic E-state index is 12.1. The zero-order chi connectivity index (χ0) is 20.7. The van der Waals surface area contributed by atoms with Gasteiger partial charge in [-0.25, -0.2) is 0 Å². The van der Waals surface area contributed by atoms with E-state index in [0.717, 1.165) is 65.1 Å². The number of carbonyl (C=O) groups is 1. The van der Waals surface area contributed by atoms with Crippen LogP contribution in [0.5, 0.6) is 0 Å². The van der Waals surface area contributed by atoms with Crippen LogP contribution in [0, 0.1) is 0 Å². The third kappa shape index (κ3) is 10.5. The number of rotatable bonds is 16. The lowest BCUT2D eigenvalue weighted by Crippen LogP contribution is -2.46. The maximum atomic E-state index is 12.1. The molecule has 1 aliphatic carbocycles. The molecule has 29 heavy (non-hydrogen) atoms. The second-order valence-corrected chi connectivity index (χ2v) is 8.70. The van der Waals surface area contributed by atoms with Crippen molar-refractivity contribution in [3.8, 4) is 0 Å². The number of nitrogens with zero attached hydrogens (tertiary/aromatic N) is 2. The Morgan fingerprint density at radius 3 is 2.28 bits per heavy atom. The summed E-state index contributed by atoms with van der Waals surface area (Å²) in [6, 6.07) is 0. The molecule has 0 aromatic rings. The Kier molecular flexibility index (Phi) is 12.4. The summed E-state index contributed by atoms with van der Waals surface area (Å²) in [5.74, 6) is 0.238. The van der Waals surface area contributed by atoms with E-state index in [-0.39, 0.29) is 5.91 Å². The van der Waals surface area contributed by atoms with E-state index in [1.165, 1.54) is 57.1 Å². The van der Waals surface area contributed by atoms with E-state index in [1.807, 2.05) is 0 Å². The molecule has 2 aliphatic rings. The van der Waals surface area contributed by atoms with Crippen LogP contribution in [0.25, 0.3) is 0 Å². The van der Waals surface area contributed by atoms with Gasteiger partial charge >= 0.3 is 0 Å². The summed E-state index contributed by atoms with van der Waals surface area (Å²) in [5.41, 5.74) is 3.15. The van der Waals surface area contributed by atoms with Crippen LogP contribution in [-0.2, 0) is 9.53 Å². The Balaban J connectivity index is 1.56. The molecule has 0 bridgehead atoms. The molecular weight excluding hydrogens is 362 g/mol. The molecule has 5 heteroatoms. The number of nitrogens with one attached hydrogen (secondary N) is 1. The van der Waals surface area contributed by atoms with E-state index in [0.29, 0.717) is 6.42 Å². The van der Waals surface area contributed by atoms with Gasteiger partial charge in [0.1, 0.15) is 0 Å². The smallest absolute Gasteiger partial charge is 0.220 e. The van der Waals surface area contributed by atoms with Crippen molar-refractivity contribution in [2.75, 3.05) is 53.0 Å². The van der Waals surface area contributed by atoms with Crippen LogP contribution in [0.15, 0.2) is 11.3 Å². The van der Waals surface area contributed by atoms with Gasteiger partial charge in [-0.2, -0.15) is 0 Å². The predicted molar refractivity (Wildman–Crippen MR) is 121 cm³/mol. The molecule has 1 saturated carbocycles. The maximum Gasteiger partial charge on any atom is 0.220 e. The first-order valence-corrected chi connectivity index (χ1v) is 12.2. The minimum atomic E-state index is 0.238. The Bertz CT molecular complexity index is 479. The fraction of sp³-hybridized carbons (Fsp3) is 0.875. The summed E-state index contributed by atoms with van der Waals surface area (Å²) in [6.45, 7) is 9.57. The lowest BCUT2D eigenvalue weighted by atomic mass is 10.1. The summed E-state index contributed by atoms with van der Waals surface area (Å²) >= 11 is 0. The first-order valence-electron chi connectivity index (χ1n) is 12.2. The van der Waals surface area contributed by atoms with Crippen LogP contribution in [0.3, 0.4) is 0 Å². The fourth-order valence-electron chi connectivity index (χ4n) is 4.23. The Morgan fingerprint density at radius 1 is 0.931 bits per heavy atom. The van der Waals surface area contributed by atoms with Gasteiger partial charge in [-0.1, -0.05) is 51.0 Å². The molecule has 0 atom stereocenters. The summed E-state index contributed by atoms with van der Waals surface area (Å²) in [5, 5.41) is 3.17. The van der Waals surface area contributed by atoms with E-state index >= 15 is 0 Å². The SMILES string of the molecule is CCCCCCCCCC(=O)NCCC(=C1CC1)N1CCN(CCCOC)CC1. The predicted octanol–water partition coefficient (Wildman–Crippen LogP) is 4.34. The van der Waals surface area contributed by atoms with Crippen LogP contribution in [0.4, 0.5) is 0 Å². The quantitative estimate of drug-likeness (QED) is 0.387. The van der Waals surface area contributed by atoms with Crippen molar-refractivity contribution < 1.29 is 9.53 Å². The van der Waals surface area contributed by atoms with Gasteiger partial charge in [0.25, 0.3) is 0 Å². The number of piperazine rings is 1. The molecule has 2 fully saturated rings. The molecule has 0 unspecified atom stereocenters.